The number of hydrogen-bond donors (Lipinski definition) is 0. The summed E-state index contributed by atoms with van der Waals surface area (Å²) in [7, 11) is 0. The SMILES string of the molecule is CC(=O)C(Cl)c1cccc([N+](=O)[O-])c1C. The van der Waals surface area contributed by atoms with Crippen molar-refractivity contribution < 1.29 is 9.72 Å². The number of Topliss-reactive ketones (excluding diaryl/α,β-unsaturated/α-hetero) is 1. The van der Waals surface area contributed by atoms with Gasteiger partial charge in [-0.3, -0.25) is 14.9 Å². The number of carbonyl (C=O) groups excluding carboxylic acids is 1. The Kier molecular flexibility index (Phi) is 3.42. The van der Waals surface area contributed by atoms with E-state index in [2.05, 4.69) is 0 Å². The lowest BCUT2D eigenvalue weighted by Gasteiger charge is -2.09. The smallest absolute Gasteiger partial charge is 0.272 e. The van der Waals surface area contributed by atoms with E-state index in [1.165, 1.54) is 19.1 Å². The van der Waals surface area contributed by atoms with Crippen LogP contribution in [-0.4, -0.2) is 10.7 Å². The van der Waals surface area contributed by atoms with Gasteiger partial charge in [0.15, 0.2) is 5.78 Å². The zero-order chi connectivity index (χ0) is 11.6. The Hall–Kier alpha value is -1.42. The number of benzene rings is 1. The zero-order valence-corrected chi connectivity index (χ0v) is 9.12. The minimum atomic E-state index is -0.815. The van der Waals surface area contributed by atoms with Crippen LogP contribution >= 0.6 is 11.6 Å². The summed E-state index contributed by atoms with van der Waals surface area (Å²) in [6.07, 6.45) is 0. The van der Waals surface area contributed by atoms with Gasteiger partial charge in [0, 0.05) is 11.6 Å². The normalized spacial score (nSPS) is 12.2. The van der Waals surface area contributed by atoms with Crippen LogP contribution in [-0.2, 0) is 4.79 Å². The zero-order valence-electron chi connectivity index (χ0n) is 8.36. The molecule has 5 heteroatoms. The fourth-order valence-corrected chi connectivity index (χ4v) is 1.57. The maximum atomic E-state index is 11.1. The summed E-state index contributed by atoms with van der Waals surface area (Å²) < 4.78 is 0. The first-order valence-electron chi connectivity index (χ1n) is 4.33. The molecule has 0 spiro atoms. The molecule has 15 heavy (non-hydrogen) atoms. The van der Waals surface area contributed by atoms with Crippen LogP contribution in [0.4, 0.5) is 5.69 Å². The molecule has 1 rings (SSSR count). The number of halogens is 1. The van der Waals surface area contributed by atoms with E-state index in [0.29, 0.717) is 11.1 Å². The third-order valence-corrected chi connectivity index (χ3v) is 2.72. The lowest BCUT2D eigenvalue weighted by molar-refractivity contribution is -0.385. The quantitative estimate of drug-likeness (QED) is 0.453. The van der Waals surface area contributed by atoms with Crippen LogP contribution in [0.5, 0.6) is 0 Å². The Morgan fingerprint density at radius 3 is 2.60 bits per heavy atom. The van der Waals surface area contributed by atoms with Gasteiger partial charge in [-0.05, 0) is 19.4 Å². The molecule has 0 aliphatic heterocycles. The van der Waals surface area contributed by atoms with Gasteiger partial charge in [-0.2, -0.15) is 0 Å². The van der Waals surface area contributed by atoms with Crippen molar-refractivity contribution in [2.75, 3.05) is 0 Å². The molecule has 1 aromatic rings. The summed E-state index contributed by atoms with van der Waals surface area (Å²) in [5.41, 5.74) is 0.926. The van der Waals surface area contributed by atoms with Crippen LogP contribution < -0.4 is 0 Å². The highest BCUT2D eigenvalue weighted by molar-refractivity contribution is 6.30. The van der Waals surface area contributed by atoms with Crippen LogP contribution in [0.15, 0.2) is 18.2 Å². The molecule has 0 saturated carbocycles. The van der Waals surface area contributed by atoms with Gasteiger partial charge in [-0.15, -0.1) is 11.6 Å². The van der Waals surface area contributed by atoms with E-state index in [9.17, 15) is 14.9 Å². The summed E-state index contributed by atoms with van der Waals surface area (Å²) in [6, 6.07) is 4.54. The van der Waals surface area contributed by atoms with Gasteiger partial charge in [0.2, 0.25) is 0 Å². The van der Waals surface area contributed by atoms with Crippen LogP contribution in [0.1, 0.15) is 23.4 Å². The molecule has 1 atom stereocenters. The van der Waals surface area contributed by atoms with Crippen molar-refractivity contribution in [1.82, 2.24) is 0 Å². The highest BCUT2D eigenvalue weighted by Gasteiger charge is 2.20. The lowest BCUT2D eigenvalue weighted by atomic mass is 10.0. The number of nitro groups is 1. The topological polar surface area (TPSA) is 60.2 Å². The fraction of sp³-hybridized carbons (Fsp3) is 0.300. The second kappa shape index (κ2) is 4.40. The molecule has 0 heterocycles. The Labute approximate surface area is 92.0 Å². The predicted molar refractivity (Wildman–Crippen MR) is 57.1 cm³/mol. The van der Waals surface area contributed by atoms with Crippen molar-refractivity contribution in [3.63, 3.8) is 0 Å². The van der Waals surface area contributed by atoms with Crippen molar-refractivity contribution in [3.8, 4) is 0 Å². The Bertz CT molecular complexity index is 417. The number of carbonyl (C=O) groups is 1. The van der Waals surface area contributed by atoms with Crippen molar-refractivity contribution in [3.05, 3.63) is 39.4 Å². The molecule has 0 saturated heterocycles. The first kappa shape index (κ1) is 11.7. The molecule has 0 amide bonds. The Morgan fingerprint density at radius 2 is 2.13 bits per heavy atom. The van der Waals surface area contributed by atoms with Crippen molar-refractivity contribution >= 4 is 23.1 Å². The van der Waals surface area contributed by atoms with E-state index in [4.69, 9.17) is 11.6 Å². The molecule has 0 N–H and O–H groups in total. The molecule has 1 aromatic carbocycles. The van der Waals surface area contributed by atoms with E-state index in [1.807, 2.05) is 0 Å². The molecule has 0 aromatic heterocycles. The third-order valence-electron chi connectivity index (χ3n) is 2.17. The van der Waals surface area contributed by atoms with E-state index in [0.717, 1.165) is 0 Å². The van der Waals surface area contributed by atoms with Crippen LogP contribution in [0, 0.1) is 17.0 Å². The summed E-state index contributed by atoms with van der Waals surface area (Å²) in [5, 5.41) is 9.83. The van der Waals surface area contributed by atoms with Gasteiger partial charge in [0.05, 0.1) is 4.92 Å². The molecule has 0 aliphatic rings. The van der Waals surface area contributed by atoms with Gasteiger partial charge in [0.1, 0.15) is 5.38 Å². The van der Waals surface area contributed by atoms with Gasteiger partial charge in [-0.1, -0.05) is 12.1 Å². The fourth-order valence-electron chi connectivity index (χ4n) is 1.33. The molecule has 80 valence electrons. The van der Waals surface area contributed by atoms with Crippen molar-refractivity contribution in [2.24, 2.45) is 0 Å². The Morgan fingerprint density at radius 1 is 1.53 bits per heavy atom. The highest BCUT2D eigenvalue weighted by atomic mass is 35.5. The third kappa shape index (κ3) is 2.33. The Balaban J connectivity index is 3.26. The number of hydrogen-bond acceptors (Lipinski definition) is 3. The summed E-state index contributed by atoms with van der Waals surface area (Å²) in [6.45, 7) is 2.95. The number of nitrogens with zero attached hydrogens (tertiary/aromatic N) is 1. The van der Waals surface area contributed by atoms with Crippen molar-refractivity contribution in [2.45, 2.75) is 19.2 Å². The molecule has 0 radical (unpaired) electrons. The minimum Gasteiger partial charge on any atom is -0.298 e. The average Bonchev–Trinajstić information content (AvgIpc) is 2.16. The van der Waals surface area contributed by atoms with Gasteiger partial charge in [-0.25, -0.2) is 0 Å². The maximum Gasteiger partial charge on any atom is 0.272 e. The predicted octanol–water partition coefficient (Wildman–Crippen LogP) is 2.77. The van der Waals surface area contributed by atoms with Gasteiger partial charge in [0.25, 0.3) is 5.69 Å². The number of ketones is 1. The molecule has 0 bridgehead atoms. The molecular weight excluding hydrogens is 218 g/mol. The second-order valence-electron chi connectivity index (χ2n) is 3.22. The molecule has 0 aliphatic carbocycles. The first-order chi connectivity index (χ1) is 6.95. The summed E-state index contributed by atoms with van der Waals surface area (Å²) >= 11 is 5.85. The van der Waals surface area contributed by atoms with Gasteiger partial charge < -0.3 is 0 Å². The average molecular weight is 228 g/mol. The second-order valence-corrected chi connectivity index (χ2v) is 3.66. The maximum absolute atomic E-state index is 11.1. The first-order valence-corrected chi connectivity index (χ1v) is 4.77. The molecule has 4 nitrogen and oxygen atoms in total. The van der Waals surface area contributed by atoms with Crippen LogP contribution in [0.25, 0.3) is 0 Å². The largest absolute Gasteiger partial charge is 0.298 e. The molecule has 1 unspecified atom stereocenters. The van der Waals surface area contributed by atoms with Crippen LogP contribution in [0.3, 0.4) is 0 Å². The summed E-state index contributed by atoms with van der Waals surface area (Å²) in [5.74, 6) is -0.222. The number of nitro benzene ring substituents is 1. The standard InChI is InChI=1S/C10H10ClNO3/c1-6-8(10(11)7(2)13)4-3-5-9(6)12(14)15/h3-5,10H,1-2H3. The van der Waals surface area contributed by atoms with E-state index in [-0.39, 0.29) is 11.5 Å². The van der Waals surface area contributed by atoms with E-state index < -0.39 is 10.3 Å². The van der Waals surface area contributed by atoms with Crippen LogP contribution in [0.2, 0.25) is 0 Å². The van der Waals surface area contributed by atoms with Crippen molar-refractivity contribution in [1.29, 1.82) is 0 Å². The highest BCUT2D eigenvalue weighted by Crippen LogP contribution is 2.29. The van der Waals surface area contributed by atoms with E-state index >= 15 is 0 Å². The number of rotatable bonds is 3. The minimum absolute atomic E-state index is 0.0144. The molecule has 0 fully saturated rings. The number of alkyl halides is 1. The monoisotopic (exact) mass is 227 g/mol. The van der Waals surface area contributed by atoms with Gasteiger partial charge >= 0.3 is 0 Å². The summed E-state index contributed by atoms with van der Waals surface area (Å²) in [4.78, 5) is 21.2. The molecular formula is C10H10ClNO3. The van der Waals surface area contributed by atoms with E-state index in [1.54, 1.807) is 13.0 Å². The lowest BCUT2D eigenvalue weighted by Crippen LogP contribution is -2.05.